The first-order valence-corrected chi connectivity index (χ1v) is 3.92. The molecule has 0 radical (unpaired) electrons. The van der Waals surface area contributed by atoms with E-state index in [4.69, 9.17) is 10.6 Å². The molecule has 0 atom stereocenters. The van der Waals surface area contributed by atoms with E-state index < -0.39 is 0 Å². The average Bonchev–Trinajstić information content (AvgIpc) is 2.15. The van der Waals surface area contributed by atoms with Crippen molar-refractivity contribution in [2.75, 3.05) is 13.7 Å². The highest BCUT2D eigenvalue weighted by Crippen LogP contribution is 2.19. The van der Waals surface area contributed by atoms with Gasteiger partial charge in [-0.1, -0.05) is 0 Å². The highest BCUT2D eigenvalue weighted by atomic mass is 19.1. The van der Waals surface area contributed by atoms with Crippen LogP contribution in [-0.2, 0) is 11.3 Å². The molecule has 0 bridgehead atoms. The molecule has 0 saturated carbocycles. The molecule has 72 valence electrons. The largest absolute Gasteiger partial charge is 0.496 e. The highest BCUT2D eigenvalue weighted by molar-refractivity contribution is 5.33. The van der Waals surface area contributed by atoms with Crippen LogP contribution in [0.25, 0.3) is 0 Å². The summed E-state index contributed by atoms with van der Waals surface area (Å²) < 4.78 is 17.8. The molecular formula is C9H12FNO2. The maximum Gasteiger partial charge on any atom is 0.123 e. The van der Waals surface area contributed by atoms with Gasteiger partial charge in [-0.2, -0.15) is 0 Å². The minimum atomic E-state index is -0.284. The summed E-state index contributed by atoms with van der Waals surface area (Å²) in [7, 11) is 1.54. The van der Waals surface area contributed by atoms with Gasteiger partial charge in [0, 0.05) is 6.42 Å². The van der Waals surface area contributed by atoms with Crippen LogP contribution in [0, 0.1) is 5.82 Å². The predicted octanol–water partition coefficient (Wildman–Crippen LogP) is 1.27. The lowest BCUT2D eigenvalue weighted by Crippen LogP contribution is -2.05. The normalized spacial score (nSPS) is 10.1. The minimum absolute atomic E-state index is 0.284. The molecule has 0 heterocycles. The lowest BCUT2D eigenvalue weighted by molar-refractivity contribution is 0.140. The summed E-state index contributed by atoms with van der Waals surface area (Å²) in [6.07, 6.45) is 0.539. The van der Waals surface area contributed by atoms with Gasteiger partial charge in [-0.3, -0.25) is 0 Å². The molecule has 0 aliphatic heterocycles. The fourth-order valence-corrected chi connectivity index (χ4v) is 1.11. The van der Waals surface area contributed by atoms with Crippen molar-refractivity contribution in [1.29, 1.82) is 0 Å². The van der Waals surface area contributed by atoms with Crippen LogP contribution in [0.15, 0.2) is 18.2 Å². The summed E-state index contributed by atoms with van der Waals surface area (Å²) >= 11 is 0. The Hall–Kier alpha value is -1.13. The second-order valence-electron chi connectivity index (χ2n) is 2.58. The van der Waals surface area contributed by atoms with Crippen molar-refractivity contribution in [3.8, 4) is 5.75 Å². The van der Waals surface area contributed by atoms with Crippen LogP contribution in [0.4, 0.5) is 4.39 Å². The summed E-state index contributed by atoms with van der Waals surface area (Å²) in [6.45, 7) is 0.347. The molecule has 0 aliphatic carbocycles. The van der Waals surface area contributed by atoms with E-state index in [1.165, 1.54) is 12.1 Å². The standard InChI is InChI=1S/C9H12FNO2/c1-12-9-3-2-8(10)6-7(9)4-5-13-11/h2-3,6H,4-5,11H2,1H3. The van der Waals surface area contributed by atoms with Crippen molar-refractivity contribution in [3.63, 3.8) is 0 Å². The molecule has 0 amide bonds. The molecule has 0 aliphatic rings. The predicted molar refractivity (Wildman–Crippen MR) is 46.8 cm³/mol. The number of hydrogen-bond acceptors (Lipinski definition) is 3. The smallest absolute Gasteiger partial charge is 0.123 e. The fraction of sp³-hybridized carbons (Fsp3) is 0.333. The first-order valence-electron chi connectivity index (χ1n) is 3.92. The molecule has 0 unspecified atom stereocenters. The van der Waals surface area contributed by atoms with Gasteiger partial charge in [0.25, 0.3) is 0 Å². The number of halogens is 1. The zero-order valence-corrected chi connectivity index (χ0v) is 7.42. The summed E-state index contributed by atoms with van der Waals surface area (Å²) in [5, 5.41) is 0. The molecule has 1 rings (SSSR count). The first kappa shape index (κ1) is 9.95. The van der Waals surface area contributed by atoms with Gasteiger partial charge in [0.1, 0.15) is 11.6 Å². The molecule has 2 N–H and O–H groups in total. The van der Waals surface area contributed by atoms with Gasteiger partial charge in [0.2, 0.25) is 0 Å². The van der Waals surface area contributed by atoms with Gasteiger partial charge in [-0.25, -0.2) is 10.3 Å². The lowest BCUT2D eigenvalue weighted by Gasteiger charge is -2.07. The number of hydrogen-bond donors (Lipinski definition) is 1. The van der Waals surface area contributed by atoms with Crippen LogP contribution in [0.2, 0.25) is 0 Å². The van der Waals surface area contributed by atoms with Gasteiger partial charge in [-0.15, -0.1) is 0 Å². The lowest BCUT2D eigenvalue weighted by atomic mass is 10.1. The van der Waals surface area contributed by atoms with Crippen molar-refractivity contribution in [3.05, 3.63) is 29.6 Å². The van der Waals surface area contributed by atoms with E-state index in [0.29, 0.717) is 18.8 Å². The van der Waals surface area contributed by atoms with Crippen molar-refractivity contribution in [1.82, 2.24) is 0 Å². The van der Waals surface area contributed by atoms with E-state index in [2.05, 4.69) is 4.84 Å². The van der Waals surface area contributed by atoms with Gasteiger partial charge in [-0.05, 0) is 23.8 Å². The monoisotopic (exact) mass is 185 g/mol. The summed E-state index contributed by atoms with van der Waals surface area (Å²) in [5.41, 5.74) is 0.757. The van der Waals surface area contributed by atoms with Gasteiger partial charge in [0.15, 0.2) is 0 Å². The molecule has 0 spiro atoms. The van der Waals surface area contributed by atoms with E-state index >= 15 is 0 Å². The van der Waals surface area contributed by atoms with E-state index in [1.807, 2.05) is 0 Å². The Bertz CT molecular complexity index is 278. The van der Waals surface area contributed by atoms with E-state index in [9.17, 15) is 4.39 Å². The highest BCUT2D eigenvalue weighted by Gasteiger charge is 2.03. The average molecular weight is 185 g/mol. The molecule has 4 heteroatoms. The number of ether oxygens (including phenoxy) is 1. The summed E-state index contributed by atoms with van der Waals surface area (Å²) in [4.78, 5) is 4.41. The number of rotatable bonds is 4. The maximum absolute atomic E-state index is 12.8. The molecular weight excluding hydrogens is 173 g/mol. The number of nitrogens with two attached hydrogens (primary N) is 1. The third-order valence-electron chi connectivity index (χ3n) is 1.73. The van der Waals surface area contributed by atoms with Crippen LogP contribution in [0.5, 0.6) is 5.75 Å². The molecule has 1 aromatic carbocycles. The molecule has 13 heavy (non-hydrogen) atoms. The summed E-state index contributed by atoms with van der Waals surface area (Å²) in [5.74, 6) is 5.24. The van der Waals surface area contributed by atoms with Crippen molar-refractivity contribution < 1.29 is 14.0 Å². The molecule has 0 aromatic heterocycles. The van der Waals surface area contributed by atoms with Crippen molar-refractivity contribution >= 4 is 0 Å². The van der Waals surface area contributed by atoms with Gasteiger partial charge >= 0.3 is 0 Å². The third-order valence-corrected chi connectivity index (χ3v) is 1.73. The minimum Gasteiger partial charge on any atom is -0.496 e. The zero-order chi connectivity index (χ0) is 9.68. The Balaban J connectivity index is 2.81. The Morgan fingerprint density at radius 2 is 2.23 bits per heavy atom. The second kappa shape index (κ2) is 4.79. The first-order chi connectivity index (χ1) is 6.27. The third kappa shape index (κ3) is 2.68. The topological polar surface area (TPSA) is 44.5 Å². The second-order valence-corrected chi connectivity index (χ2v) is 2.58. The van der Waals surface area contributed by atoms with Crippen LogP contribution >= 0.6 is 0 Å². The Labute approximate surface area is 76.2 Å². The van der Waals surface area contributed by atoms with E-state index in [1.54, 1.807) is 13.2 Å². The van der Waals surface area contributed by atoms with Gasteiger partial charge in [0.05, 0.1) is 13.7 Å². The Morgan fingerprint density at radius 3 is 2.85 bits per heavy atom. The van der Waals surface area contributed by atoms with Crippen molar-refractivity contribution in [2.24, 2.45) is 5.90 Å². The van der Waals surface area contributed by atoms with E-state index in [0.717, 1.165) is 5.56 Å². The van der Waals surface area contributed by atoms with Crippen LogP contribution < -0.4 is 10.6 Å². The SMILES string of the molecule is COc1ccc(F)cc1CCON. The van der Waals surface area contributed by atoms with E-state index in [-0.39, 0.29) is 5.82 Å². The Morgan fingerprint density at radius 1 is 1.46 bits per heavy atom. The number of benzene rings is 1. The fourth-order valence-electron chi connectivity index (χ4n) is 1.11. The quantitative estimate of drug-likeness (QED) is 0.718. The Kier molecular flexibility index (Phi) is 3.67. The maximum atomic E-state index is 12.8. The summed E-state index contributed by atoms with van der Waals surface area (Å²) in [6, 6.07) is 4.35. The molecule has 0 saturated heterocycles. The molecule has 0 fully saturated rings. The van der Waals surface area contributed by atoms with Crippen LogP contribution in [0.1, 0.15) is 5.56 Å². The molecule has 1 aromatic rings. The zero-order valence-electron chi connectivity index (χ0n) is 7.42. The molecule has 3 nitrogen and oxygen atoms in total. The van der Waals surface area contributed by atoms with Crippen LogP contribution in [0.3, 0.4) is 0 Å². The van der Waals surface area contributed by atoms with Gasteiger partial charge < -0.3 is 9.57 Å². The van der Waals surface area contributed by atoms with Crippen molar-refractivity contribution in [2.45, 2.75) is 6.42 Å². The number of methoxy groups -OCH3 is 1. The van der Waals surface area contributed by atoms with Crippen LogP contribution in [-0.4, -0.2) is 13.7 Å².